The molecule has 0 aromatic heterocycles. The minimum atomic E-state index is -0.0721. The van der Waals surface area contributed by atoms with E-state index in [9.17, 15) is 4.79 Å². The molecule has 0 saturated heterocycles. The van der Waals surface area contributed by atoms with E-state index in [1.165, 1.54) is 0 Å². The van der Waals surface area contributed by atoms with Crippen LogP contribution in [0.25, 0.3) is 0 Å². The van der Waals surface area contributed by atoms with Crippen LogP contribution >= 0.6 is 0 Å². The van der Waals surface area contributed by atoms with Crippen molar-refractivity contribution in [3.63, 3.8) is 0 Å². The molecule has 4 nitrogen and oxygen atoms in total. The summed E-state index contributed by atoms with van der Waals surface area (Å²) in [6, 6.07) is -0.0721. The summed E-state index contributed by atoms with van der Waals surface area (Å²) < 4.78 is 0. The molecule has 0 aliphatic carbocycles. The molecule has 1 N–H and O–H groups in total. The number of nitrogens with one attached hydrogen (secondary N) is 1. The third-order valence-corrected chi connectivity index (χ3v) is 2.50. The molecule has 0 fully saturated rings. The van der Waals surface area contributed by atoms with Crippen LogP contribution in [0.2, 0.25) is 0 Å². The van der Waals surface area contributed by atoms with Crippen LogP contribution in [0.3, 0.4) is 0 Å². The fraction of sp³-hybridized carbons (Fsp3) is 0.909. The maximum Gasteiger partial charge on any atom is 0.239 e. The van der Waals surface area contributed by atoms with Crippen LogP contribution in [0.15, 0.2) is 0 Å². The highest BCUT2D eigenvalue weighted by Gasteiger charge is 2.22. The van der Waals surface area contributed by atoms with Crippen molar-refractivity contribution in [2.75, 3.05) is 41.3 Å². The number of nitrogens with zero attached hydrogens (tertiary/aromatic N) is 2. The molecular weight excluding hydrogens is 190 g/mol. The molecule has 0 radical (unpaired) electrons. The Morgan fingerprint density at radius 2 is 1.73 bits per heavy atom. The van der Waals surface area contributed by atoms with Gasteiger partial charge in [-0.3, -0.25) is 4.79 Å². The van der Waals surface area contributed by atoms with E-state index in [-0.39, 0.29) is 11.9 Å². The Hall–Kier alpha value is -0.610. The Kier molecular flexibility index (Phi) is 6.52. The third-order valence-electron chi connectivity index (χ3n) is 2.50. The molecule has 4 heteroatoms. The zero-order valence-electron chi connectivity index (χ0n) is 10.9. The van der Waals surface area contributed by atoms with Gasteiger partial charge in [0, 0.05) is 20.1 Å². The molecule has 0 heterocycles. The van der Waals surface area contributed by atoms with E-state index in [1.807, 2.05) is 28.2 Å². The van der Waals surface area contributed by atoms with Crippen LogP contribution in [0.1, 0.15) is 13.8 Å². The van der Waals surface area contributed by atoms with Gasteiger partial charge in [0.25, 0.3) is 0 Å². The van der Waals surface area contributed by atoms with Crippen molar-refractivity contribution >= 4 is 5.91 Å². The van der Waals surface area contributed by atoms with Crippen LogP contribution in [0, 0.1) is 5.92 Å². The molecule has 0 aromatic rings. The second kappa shape index (κ2) is 6.80. The van der Waals surface area contributed by atoms with Crippen molar-refractivity contribution in [2.45, 2.75) is 19.9 Å². The van der Waals surface area contributed by atoms with Gasteiger partial charge in [0.1, 0.15) is 0 Å². The van der Waals surface area contributed by atoms with Crippen molar-refractivity contribution in [1.29, 1.82) is 0 Å². The van der Waals surface area contributed by atoms with E-state index in [4.69, 9.17) is 0 Å². The lowest BCUT2D eigenvalue weighted by atomic mass is 10.0. The van der Waals surface area contributed by atoms with Crippen molar-refractivity contribution < 1.29 is 4.79 Å². The largest absolute Gasteiger partial charge is 0.343 e. The number of rotatable bonds is 6. The molecule has 0 saturated carbocycles. The minimum Gasteiger partial charge on any atom is -0.343 e. The first-order valence-corrected chi connectivity index (χ1v) is 5.47. The predicted octanol–water partition coefficient (Wildman–Crippen LogP) is 0.250. The van der Waals surface area contributed by atoms with E-state index in [0.29, 0.717) is 5.92 Å². The average molecular weight is 215 g/mol. The fourth-order valence-corrected chi connectivity index (χ4v) is 1.44. The highest BCUT2D eigenvalue weighted by molar-refractivity contribution is 5.81. The van der Waals surface area contributed by atoms with Gasteiger partial charge in [-0.25, -0.2) is 0 Å². The van der Waals surface area contributed by atoms with Gasteiger partial charge < -0.3 is 15.1 Å². The fourth-order valence-electron chi connectivity index (χ4n) is 1.44. The Morgan fingerprint density at radius 1 is 1.20 bits per heavy atom. The summed E-state index contributed by atoms with van der Waals surface area (Å²) in [5.41, 5.74) is 0. The van der Waals surface area contributed by atoms with Gasteiger partial charge in [-0.15, -0.1) is 0 Å². The van der Waals surface area contributed by atoms with Crippen molar-refractivity contribution in [3.8, 4) is 0 Å². The van der Waals surface area contributed by atoms with Gasteiger partial charge in [0.15, 0.2) is 0 Å². The summed E-state index contributed by atoms with van der Waals surface area (Å²) >= 11 is 0. The Morgan fingerprint density at radius 3 is 2.07 bits per heavy atom. The predicted molar refractivity (Wildman–Crippen MR) is 63.9 cm³/mol. The maximum absolute atomic E-state index is 12.0. The summed E-state index contributed by atoms with van der Waals surface area (Å²) in [7, 11) is 7.72. The van der Waals surface area contributed by atoms with Gasteiger partial charge in [-0.05, 0) is 27.1 Å². The van der Waals surface area contributed by atoms with Crippen LogP contribution in [-0.4, -0.2) is 63.0 Å². The molecule has 90 valence electrons. The molecule has 1 atom stereocenters. The van der Waals surface area contributed by atoms with Gasteiger partial charge >= 0.3 is 0 Å². The maximum atomic E-state index is 12.0. The Labute approximate surface area is 93.6 Å². The molecule has 0 aromatic carbocycles. The van der Waals surface area contributed by atoms with E-state index in [2.05, 4.69) is 24.1 Å². The summed E-state index contributed by atoms with van der Waals surface area (Å²) in [4.78, 5) is 15.8. The zero-order valence-corrected chi connectivity index (χ0v) is 10.9. The number of carbonyl (C=O) groups excluding carboxylic acids is 1. The SMILES string of the molecule is CN[C@@H](C(=O)N(C)CCN(C)C)C(C)C. The van der Waals surface area contributed by atoms with Crippen LogP contribution < -0.4 is 5.32 Å². The molecule has 15 heavy (non-hydrogen) atoms. The lowest BCUT2D eigenvalue weighted by Crippen LogP contribution is -2.48. The minimum absolute atomic E-state index is 0.0721. The average Bonchev–Trinajstić information content (AvgIpc) is 2.14. The number of likely N-dealkylation sites (N-methyl/N-ethyl adjacent to an activating group) is 3. The summed E-state index contributed by atoms with van der Waals surface area (Å²) in [5, 5.41) is 3.06. The number of carbonyl (C=O) groups is 1. The van der Waals surface area contributed by atoms with E-state index in [0.717, 1.165) is 13.1 Å². The third kappa shape index (κ3) is 5.14. The summed E-state index contributed by atoms with van der Waals surface area (Å²) in [6.45, 7) is 5.78. The second-order valence-electron chi connectivity index (χ2n) is 4.57. The lowest BCUT2D eigenvalue weighted by molar-refractivity contribution is -0.133. The lowest BCUT2D eigenvalue weighted by Gasteiger charge is -2.26. The van der Waals surface area contributed by atoms with Crippen molar-refractivity contribution in [1.82, 2.24) is 15.1 Å². The van der Waals surface area contributed by atoms with E-state index in [1.54, 1.807) is 4.90 Å². The summed E-state index contributed by atoms with van der Waals surface area (Å²) in [5.74, 6) is 0.499. The first-order valence-electron chi connectivity index (χ1n) is 5.47. The van der Waals surface area contributed by atoms with Crippen LogP contribution in [-0.2, 0) is 4.79 Å². The normalized spacial score (nSPS) is 13.3. The highest BCUT2D eigenvalue weighted by Crippen LogP contribution is 2.04. The van der Waals surface area contributed by atoms with E-state index < -0.39 is 0 Å². The molecule has 0 spiro atoms. The highest BCUT2D eigenvalue weighted by atomic mass is 16.2. The number of hydrogen-bond acceptors (Lipinski definition) is 3. The van der Waals surface area contributed by atoms with Crippen LogP contribution in [0.4, 0.5) is 0 Å². The topological polar surface area (TPSA) is 35.6 Å². The molecular formula is C11H25N3O. The molecule has 0 aliphatic heterocycles. The van der Waals surface area contributed by atoms with E-state index >= 15 is 0 Å². The summed E-state index contributed by atoms with van der Waals surface area (Å²) in [6.07, 6.45) is 0. The standard InChI is InChI=1S/C11H25N3O/c1-9(2)10(12-3)11(15)14(6)8-7-13(4)5/h9-10,12H,7-8H2,1-6H3/t10-/m1/s1. The monoisotopic (exact) mass is 215 g/mol. The van der Waals surface area contributed by atoms with Crippen molar-refractivity contribution in [2.24, 2.45) is 5.92 Å². The molecule has 0 bridgehead atoms. The second-order valence-corrected chi connectivity index (χ2v) is 4.57. The van der Waals surface area contributed by atoms with Crippen molar-refractivity contribution in [3.05, 3.63) is 0 Å². The quantitative estimate of drug-likeness (QED) is 0.690. The molecule has 0 aliphatic rings. The first kappa shape index (κ1) is 14.4. The van der Waals surface area contributed by atoms with Gasteiger partial charge in [-0.1, -0.05) is 13.8 Å². The first-order chi connectivity index (χ1) is 6.90. The number of hydrogen-bond donors (Lipinski definition) is 1. The Balaban J connectivity index is 4.16. The van der Waals surface area contributed by atoms with Gasteiger partial charge in [-0.2, -0.15) is 0 Å². The Bertz CT molecular complexity index is 192. The smallest absolute Gasteiger partial charge is 0.239 e. The molecule has 0 unspecified atom stereocenters. The molecule has 0 rings (SSSR count). The zero-order chi connectivity index (χ0) is 12.0. The van der Waals surface area contributed by atoms with Gasteiger partial charge in [0.05, 0.1) is 6.04 Å². The molecule has 1 amide bonds. The number of amides is 1. The van der Waals surface area contributed by atoms with Gasteiger partial charge in [0.2, 0.25) is 5.91 Å². The van der Waals surface area contributed by atoms with Crippen LogP contribution in [0.5, 0.6) is 0 Å².